The zero-order valence-electron chi connectivity index (χ0n) is 10.3. The Bertz CT molecular complexity index is 425. The van der Waals surface area contributed by atoms with Crippen LogP contribution in [0.25, 0.3) is 0 Å². The summed E-state index contributed by atoms with van der Waals surface area (Å²) >= 11 is 9.11. The van der Waals surface area contributed by atoms with Gasteiger partial charge in [-0.1, -0.05) is 41.4 Å². The van der Waals surface area contributed by atoms with Crippen molar-refractivity contribution in [2.75, 3.05) is 6.54 Å². The van der Waals surface area contributed by atoms with Crippen LogP contribution in [0.4, 0.5) is 4.39 Å². The standard InChI is InChI=1S/C13H16BrClFNO/c1-8(2)5-9(14)7-17-13(18)11-4-3-10(15)6-12(11)16/h3-4,6,8-9H,5,7H2,1-2H3,(H,17,18). The monoisotopic (exact) mass is 335 g/mol. The first-order valence-corrected chi connectivity index (χ1v) is 7.06. The van der Waals surface area contributed by atoms with Gasteiger partial charge in [-0.05, 0) is 30.5 Å². The normalized spacial score (nSPS) is 12.6. The first-order valence-electron chi connectivity index (χ1n) is 5.77. The van der Waals surface area contributed by atoms with Gasteiger partial charge in [-0.3, -0.25) is 4.79 Å². The lowest BCUT2D eigenvalue weighted by Crippen LogP contribution is -2.30. The van der Waals surface area contributed by atoms with Crippen LogP contribution in [0, 0.1) is 11.7 Å². The highest BCUT2D eigenvalue weighted by molar-refractivity contribution is 9.09. The van der Waals surface area contributed by atoms with Crippen molar-refractivity contribution in [3.05, 3.63) is 34.6 Å². The molecule has 0 saturated carbocycles. The van der Waals surface area contributed by atoms with Crippen molar-refractivity contribution >= 4 is 33.4 Å². The molecule has 0 bridgehead atoms. The summed E-state index contributed by atoms with van der Waals surface area (Å²) in [7, 11) is 0. The molecule has 1 aromatic rings. The molecule has 1 rings (SSSR count). The van der Waals surface area contributed by atoms with Crippen LogP contribution in [0.5, 0.6) is 0 Å². The molecule has 0 fully saturated rings. The fourth-order valence-electron chi connectivity index (χ4n) is 1.57. The van der Waals surface area contributed by atoms with Crippen LogP contribution in [0.2, 0.25) is 5.02 Å². The highest BCUT2D eigenvalue weighted by Gasteiger charge is 2.13. The van der Waals surface area contributed by atoms with Crippen LogP contribution >= 0.6 is 27.5 Å². The predicted octanol–water partition coefficient (Wildman–Crippen LogP) is 4.02. The number of amides is 1. The average molecular weight is 337 g/mol. The fraction of sp³-hybridized carbons (Fsp3) is 0.462. The number of hydrogen-bond donors (Lipinski definition) is 1. The molecule has 1 unspecified atom stereocenters. The third-order valence-corrected chi connectivity index (χ3v) is 3.32. The molecule has 0 radical (unpaired) electrons. The van der Waals surface area contributed by atoms with Crippen LogP contribution in [0.1, 0.15) is 30.6 Å². The van der Waals surface area contributed by atoms with E-state index >= 15 is 0 Å². The first-order chi connectivity index (χ1) is 8.40. The zero-order valence-corrected chi connectivity index (χ0v) is 12.7. The van der Waals surface area contributed by atoms with Crippen molar-refractivity contribution in [2.45, 2.75) is 25.1 Å². The largest absolute Gasteiger partial charge is 0.351 e. The number of carbonyl (C=O) groups excluding carboxylic acids is 1. The number of alkyl halides is 1. The molecule has 2 nitrogen and oxygen atoms in total. The molecule has 0 aliphatic heterocycles. The van der Waals surface area contributed by atoms with Gasteiger partial charge in [-0.15, -0.1) is 0 Å². The van der Waals surface area contributed by atoms with Gasteiger partial charge in [0.2, 0.25) is 0 Å². The van der Waals surface area contributed by atoms with Crippen LogP contribution < -0.4 is 5.32 Å². The second-order valence-electron chi connectivity index (χ2n) is 4.56. The van der Waals surface area contributed by atoms with Crippen LogP contribution in [0.15, 0.2) is 18.2 Å². The molecule has 1 atom stereocenters. The van der Waals surface area contributed by atoms with Gasteiger partial charge in [0.25, 0.3) is 5.91 Å². The van der Waals surface area contributed by atoms with Crippen molar-refractivity contribution < 1.29 is 9.18 Å². The lowest BCUT2D eigenvalue weighted by Gasteiger charge is -2.13. The van der Waals surface area contributed by atoms with Gasteiger partial charge in [0.1, 0.15) is 5.82 Å². The van der Waals surface area contributed by atoms with Crippen molar-refractivity contribution in [1.29, 1.82) is 0 Å². The van der Waals surface area contributed by atoms with Gasteiger partial charge in [-0.25, -0.2) is 4.39 Å². The third kappa shape index (κ3) is 4.94. The first kappa shape index (κ1) is 15.4. The summed E-state index contributed by atoms with van der Waals surface area (Å²) < 4.78 is 13.5. The molecule has 0 aliphatic rings. The second-order valence-corrected chi connectivity index (χ2v) is 6.29. The summed E-state index contributed by atoms with van der Waals surface area (Å²) in [5.74, 6) is -0.481. The Morgan fingerprint density at radius 1 is 1.50 bits per heavy atom. The number of rotatable bonds is 5. The maximum absolute atomic E-state index is 13.5. The molecule has 0 heterocycles. The van der Waals surface area contributed by atoms with E-state index in [-0.39, 0.29) is 15.4 Å². The van der Waals surface area contributed by atoms with Crippen LogP contribution in [-0.2, 0) is 0 Å². The highest BCUT2D eigenvalue weighted by Crippen LogP contribution is 2.15. The maximum Gasteiger partial charge on any atom is 0.254 e. The average Bonchev–Trinajstić information content (AvgIpc) is 2.25. The van der Waals surface area contributed by atoms with Gasteiger partial charge in [0.15, 0.2) is 0 Å². The molecule has 0 spiro atoms. The molecular weight excluding hydrogens is 321 g/mol. The molecule has 1 amide bonds. The number of nitrogens with one attached hydrogen (secondary N) is 1. The quantitative estimate of drug-likeness (QED) is 0.809. The maximum atomic E-state index is 13.5. The van der Waals surface area contributed by atoms with Crippen molar-refractivity contribution in [1.82, 2.24) is 5.32 Å². The lowest BCUT2D eigenvalue weighted by atomic mass is 10.1. The topological polar surface area (TPSA) is 29.1 Å². The molecule has 100 valence electrons. The summed E-state index contributed by atoms with van der Waals surface area (Å²) in [6.45, 7) is 4.68. The van der Waals surface area contributed by atoms with Crippen molar-refractivity contribution in [3.8, 4) is 0 Å². The summed E-state index contributed by atoms with van der Waals surface area (Å²) in [6.07, 6.45) is 0.948. The Morgan fingerprint density at radius 2 is 2.17 bits per heavy atom. The zero-order chi connectivity index (χ0) is 13.7. The molecule has 18 heavy (non-hydrogen) atoms. The Kier molecular flexibility index (Phi) is 6.09. The van der Waals surface area contributed by atoms with Gasteiger partial charge in [0.05, 0.1) is 5.56 Å². The smallest absolute Gasteiger partial charge is 0.254 e. The summed E-state index contributed by atoms with van der Waals surface area (Å²) in [4.78, 5) is 11.9. The molecule has 0 aliphatic carbocycles. The molecule has 0 aromatic heterocycles. The fourth-order valence-corrected chi connectivity index (χ4v) is 2.64. The van der Waals surface area contributed by atoms with E-state index < -0.39 is 11.7 Å². The Hall–Kier alpha value is -0.610. The second kappa shape index (κ2) is 7.10. The van der Waals surface area contributed by atoms with Gasteiger partial charge >= 0.3 is 0 Å². The Balaban J connectivity index is 2.55. The van der Waals surface area contributed by atoms with Crippen molar-refractivity contribution in [2.24, 2.45) is 5.92 Å². The summed E-state index contributed by atoms with van der Waals surface area (Å²) in [5, 5.41) is 2.98. The van der Waals surface area contributed by atoms with E-state index in [1.807, 2.05) is 0 Å². The minimum Gasteiger partial charge on any atom is -0.351 e. The van der Waals surface area contributed by atoms with E-state index in [4.69, 9.17) is 11.6 Å². The third-order valence-electron chi connectivity index (χ3n) is 2.39. The number of carbonyl (C=O) groups is 1. The Morgan fingerprint density at radius 3 is 2.72 bits per heavy atom. The number of halogens is 3. The number of benzene rings is 1. The van der Waals surface area contributed by atoms with E-state index in [0.717, 1.165) is 12.5 Å². The minimum absolute atomic E-state index is 0.0173. The molecule has 0 saturated heterocycles. The minimum atomic E-state index is -0.602. The van der Waals surface area contributed by atoms with Crippen LogP contribution in [-0.4, -0.2) is 17.3 Å². The van der Waals surface area contributed by atoms with Crippen molar-refractivity contribution in [3.63, 3.8) is 0 Å². The summed E-state index contributed by atoms with van der Waals surface area (Å²) in [5.41, 5.74) is 0.0173. The van der Waals surface area contributed by atoms with E-state index in [9.17, 15) is 9.18 Å². The molecule has 1 aromatic carbocycles. The Labute approximate surface area is 120 Å². The van der Waals surface area contributed by atoms with E-state index in [1.54, 1.807) is 0 Å². The molecular formula is C13H16BrClFNO. The van der Waals surface area contributed by atoms with Gasteiger partial charge in [0, 0.05) is 16.4 Å². The van der Waals surface area contributed by atoms with Crippen LogP contribution in [0.3, 0.4) is 0 Å². The molecule has 1 N–H and O–H groups in total. The highest BCUT2D eigenvalue weighted by atomic mass is 79.9. The molecule has 5 heteroatoms. The van der Waals surface area contributed by atoms with E-state index in [0.29, 0.717) is 12.5 Å². The van der Waals surface area contributed by atoms with Gasteiger partial charge in [-0.2, -0.15) is 0 Å². The van der Waals surface area contributed by atoms with E-state index in [2.05, 4.69) is 35.1 Å². The van der Waals surface area contributed by atoms with Gasteiger partial charge < -0.3 is 5.32 Å². The van der Waals surface area contributed by atoms with E-state index in [1.165, 1.54) is 12.1 Å². The lowest BCUT2D eigenvalue weighted by molar-refractivity contribution is 0.0949. The SMILES string of the molecule is CC(C)CC(Br)CNC(=O)c1ccc(Cl)cc1F. The summed E-state index contributed by atoms with van der Waals surface area (Å²) in [6, 6.07) is 4.02. The number of hydrogen-bond acceptors (Lipinski definition) is 1. The predicted molar refractivity (Wildman–Crippen MR) is 75.9 cm³/mol.